The molecule has 0 N–H and O–H groups in total. The second kappa shape index (κ2) is 7.11. The van der Waals surface area contributed by atoms with E-state index >= 15 is 0 Å². The predicted molar refractivity (Wildman–Crippen MR) is 98.4 cm³/mol. The van der Waals surface area contributed by atoms with Gasteiger partial charge in [0.2, 0.25) is 16.6 Å². The molecule has 0 saturated heterocycles. The second-order valence-electron chi connectivity index (χ2n) is 5.67. The van der Waals surface area contributed by atoms with Gasteiger partial charge in [0.15, 0.2) is 23.1 Å². The molecule has 0 aliphatic rings. The van der Waals surface area contributed by atoms with Crippen molar-refractivity contribution in [3.05, 3.63) is 56.6 Å². The van der Waals surface area contributed by atoms with Crippen LogP contribution in [0.3, 0.4) is 0 Å². The summed E-state index contributed by atoms with van der Waals surface area (Å²) in [5.41, 5.74) is -0.319. The lowest BCUT2D eigenvalue weighted by molar-refractivity contribution is 0.324. The van der Waals surface area contributed by atoms with Crippen LogP contribution < -0.4 is 29.8 Å². The number of ether oxygens (including phenoxy) is 4. The Hall–Kier alpha value is -3.35. The lowest BCUT2D eigenvalue weighted by Crippen LogP contribution is -2.35. The summed E-state index contributed by atoms with van der Waals surface area (Å²) >= 11 is 0. The molecule has 0 bridgehead atoms. The highest BCUT2D eigenvalue weighted by atomic mass is 19.1. The molecule has 27 heavy (non-hydrogen) atoms. The van der Waals surface area contributed by atoms with Crippen molar-refractivity contribution in [3.63, 3.8) is 0 Å². The minimum Gasteiger partial charge on any atom is -0.494 e. The van der Waals surface area contributed by atoms with Crippen LogP contribution in [0.25, 0.3) is 22.3 Å². The van der Waals surface area contributed by atoms with Gasteiger partial charge in [0.1, 0.15) is 0 Å². The maximum absolute atomic E-state index is 14.1. The Balaban J connectivity index is 2.21. The average Bonchev–Trinajstić information content (AvgIpc) is 2.69. The monoisotopic (exact) mass is 372 g/mol. The van der Waals surface area contributed by atoms with Gasteiger partial charge >= 0.3 is 0 Å². The number of halogens is 1. The molecule has 0 atom stereocenters. The molecule has 3 rings (SSSR count). The third-order valence-electron chi connectivity index (χ3n) is 4.30. The first-order valence-electron chi connectivity index (χ1n) is 7.94. The van der Waals surface area contributed by atoms with Gasteiger partial charge in [-0.15, -0.1) is 0 Å². The number of benzene rings is 2. The summed E-state index contributed by atoms with van der Waals surface area (Å²) in [6.07, 6.45) is 0. The van der Waals surface area contributed by atoms with Crippen molar-refractivity contribution < 1.29 is 23.3 Å². The molecule has 6 nitrogen and oxygen atoms in total. The molecule has 0 aliphatic carbocycles. The molecule has 0 saturated carbocycles. The maximum atomic E-state index is 14.1. The van der Waals surface area contributed by atoms with E-state index in [1.807, 2.05) is 0 Å². The molecule has 0 radical (unpaired) electrons. The molecule has 3 aromatic rings. The summed E-state index contributed by atoms with van der Waals surface area (Å²) in [5.74, 6) is 0.462. The molecule has 0 heterocycles. The molecule has 0 fully saturated rings. The van der Waals surface area contributed by atoms with Crippen LogP contribution >= 0.6 is 0 Å². The zero-order chi connectivity index (χ0) is 19.7. The summed E-state index contributed by atoms with van der Waals surface area (Å²) in [4.78, 5) is 24.5. The first-order chi connectivity index (χ1) is 13.0. The second-order valence-corrected chi connectivity index (χ2v) is 5.67. The Morgan fingerprint density at radius 1 is 0.667 bits per heavy atom. The van der Waals surface area contributed by atoms with Gasteiger partial charge in [0.05, 0.1) is 28.4 Å². The lowest BCUT2D eigenvalue weighted by Gasteiger charge is -2.17. The summed E-state index contributed by atoms with van der Waals surface area (Å²) in [6.45, 7) is 0. The Morgan fingerprint density at radius 3 is 1.63 bits per heavy atom. The number of hydrogen-bond donors (Lipinski definition) is 0. The van der Waals surface area contributed by atoms with Crippen LogP contribution in [0.4, 0.5) is 4.39 Å². The molecule has 0 aliphatic heterocycles. The van der Waals surface area contributed by atoms with Crippen LogP contribution in [0.5, 0.6) is 23.0 Å². The zero-order valence-electron chi connectivity index (χ0n) is 15.2. The van der Waals surface area contributed by atoms with Gasteiger partial charge in [-0.2, -0.15) is 0 Å². The quantitative estimate of drug-likeness (QED) is 0.620. The molecule has 0 aromatic heterocycles. The predicted octanol–water partition coefficient (Wildman–Crippen LogP) is 2.79. The zero-order valence-corrected chi connectivity index (χ0v) is 15.2. The van der Waals surface area contributed by atoms with Crippen LogP contribution in [-0.2, 0) is 0 Å². The van der Waals surface area contributed by atoms with E-state index in [4.69, 9.17) is 18.9 Å². The summed E-state index contributed by atoms with van der Waals surface area (Å²) in [6, 6.07) is 7.23. The highest BCUT2D eigenvalue weighted by molar-refractivity contribution is 5.88. The van der Waals surface area contributed by atoms with Gasteiger partial charge in [-0.1, -0.05) is 6.07 Å². The van der Waals surface area contributed by atoms with Crippen molar-refractivity contribution in [1.29, 1.82) is 0 Å². The van der Waals surface area contributed by atoms with E-state index in [9.17, 15) is 14.0 Å². The van der Waals surface area contributed by atoms with E-state index in [-0.39, 0.29) is 16.9 Å². The van der Waals surface area contributed by atoms with Gasteiger partial charge in [0.25, 0.3) is 0 Å². The van der Waals surface area contributed by atoms with E-state index in [0.29, 0.717) is 28.4 Å². The fourth-order valence-corrected chi connectivity index (χ4v) is 2.99. The van der Waals surface area contributed by atoms with Crippen molar-refractivity contribution in [3.8, 4) is 45.3 Å². The third-order valence-corrected chi connectivity index (χ3v) is 4.30. The SMILES string of the molecule is COc1ccc(-c2c(-c3cc(OC)c(OC)c(OC)c3)c(=O)c2=O)cc1F. The largest absolute Gasteiger partial charge is 0.494 e. The Labute approximate surface area is 154 Å². The first kappa shape index (κ1) is 18.4. The average molecular weight is 372 g/mol. The van der Waals surface area contributed by atoms with E-state index in [0.717, 1.165) is 6.07 Å². The van der Waals surface area contributed by atoms with Crippen molar-refractivity contribution >= 4 is 0 Å². The maximum Gasteiger partial charge on any atom is 0.234 e. The van der Waals surface area contributed by atoms with E-state index in [1.54, 1.807) is 12.1 Å². The number of rotatable bonds is 6. The molecular weight excluding hydrogens is 355 g/mol. The normalized spacial score (nSPS) is 10.7. The summed E-state index contributed by atoms with van der Waals surface area (Å²) < 4.78 is 34.8. The lowest BCUT2D eigenvalue weighted by atomic mass is 9.89. The summed E-state index contributed by atoms with van der Waals surface area (Å²) in [5, 5.41) is 0. The minimum atomic E-state index is -0.677. The molecule has 3 aromatic carbocycles. The van der Waals surface area contributed by atoms with Gasteiger partial charge < -0.3 is 18.9 Å². The molecule has 140 valence electrons. The van der Waals surface area contributed by atoms with Crippen LogP contribution in [0.1, 0.15) is 0 Å². The van der Waals surface area contributed by atoms with E-state index in [1.165, 1.54) is 40.6 Å². The standard InChI is InChI=1S/C20H17FO6/c1-24-13-6-5-10(7-12(13)21)16-17(19(23)18(16)22)11-8-14(25-2)20(27-4)15(9-11)26-3/h5-9H,1-4H3. The fraction of sp³-hybridized carbons (Fsp3) is 0.200. The van der Waals surface area contributed by atoms with Gasteiger partial charge in [0, 0.05) is 11.1 Å². The highest BCUT2D eigenvalue weighted by Gasteiger charge is 2.26. The van der Waals surface area contributed by atoms with Crippen LogP contribution in [0, 0.1) is 5.82 Å². The molecule has 0 amide bonds. The fourth-order valence-electron chi connectivity index (χ4n) is 2.99. The topological polar surface area (TPSA) is 71.1 Å². The van der Waals surface area contributed by atoms with E-state index < -0.39 is 16.7 Å². The highest BCUT2D eigenvalue weighted by Crippen LogP contribution is 2.42. The third kappa shape index (κ3) is 2.91. The van der Waals surface area contributed by atoms with Crippen LogP contribution in [-0.4, -0.2) is 28.4 Å². The Bertz CT molecular complexity index is 1050. The Morgan fingerprint density at radius 2 is 1.19 bits per heavy atom. The molecule has 0 unspecified atom stereocenters. The molecule has 0 spiro atoms. The van der Waals surface area contributed by atoms with Crippen LogP contribution in [0.2, 0.25) is 0 Å². The first-order valence-corrected chi connectivity index (χ1v) is 7.94. The van der Waals surface area contributed by atoms with Crippen molar-refractivity contribution in [2.75, 3.05) is 28.4 Å². The number of hydrogen-bond acceptors (Lipinski definition) is 6. The minimum absolute atomic E-state index is 0.0479. The van der Waals surface area contributed by atoms with Gasteiger partial charge in [-0.05, 0) is 35.4 Å². The van der Waals surface area contributed by atoms with Crippen molar-refractivity contribution in [2.24, 2.45) is 0 Å². The number of methoxy groups -OCH3 is 4. The molecular formula is C20H17FO6. The van der Waals surface area contributed by atoms with E-state index in [2.05, 4.69) is 0 Å². The smallest absolute Gasteiger partial charge is 0.234 e. The van der Waals surface area contributed by atoms with Crippen molar-refractivity contribution in [1.82, 2.24) is 0 Å². The summed E-state index contributed by atoms with van der Waals surface area (Å²) in [7, 11) is 5.70. The molecule has 7 heteroatoms. The van der Waals surface area contributed by atoms with Crippen LogP contribution in [0.15, 0.2) is 39.9 Å². The van der Waals surface area contributed by atoms with Gasteiger partial charge in [-0.25, -0.2) is 4.39 Å². The van der Waals surface area contributed by atoms with Gasteiger partial charge in [-0.3, -0.25) is 9.59 Å². The Kier molecular flexibility index (Phi) is 4.85. The van der Waals surface area contributed by atoms with Crippen molar-refractivity contribution in [2.45, 2.75) is 0 Å².